The van der Waals surface area contributed by atoms with Crippen LogP contribution in [0.25, 0.3) is 5.65 Å². The van der Waals surface area contributed by atoms with E-state index in [1.54, 1.807) is 20.8 Å². The number of nitrogens with one attached hydrogen (secondary N) is 2. The van der Waals surface area contributed by atoms with Crippen LogP contribution in [0, 0.1) is 5.41 Å². The molecule has 1 fully saturated rings. The fraction of sp³-hybridized carbons (Fsp3) is 0.667. The van der Waals surface area contributed by atoms with Gasteiger partial charge in [0.15, 0.2) is 10.8 Å². The second-order valence-corrected chi connectivity index (χ2v) is 11.6. The van der Waals surface area contributed by atoms with Crippen molar-refractivity contribution < 1.29 is 41.0 Å². The molecule has 0 aromatic carbocycles. The predicted molar refractivity (Wildman–Crippen MR) is 134 cm³/mol. The molecular weight excluding hydrogens is 567 g/mol. The molecule has 2 N–H and O–H groups in total. The summed E-state index contributed by atoms with van der Waals surface area (Å²) >= 11 is 6.38. The lowest BCUT2D eigenvalue weighted by molar-refractivity contribution is -0.215. The second kappa shape index (κ2) is 11.1. The van der Waals surface area contributed by atoms with E-state index in [2.05, 4.69) is 20.7 Å². The standard InChI is InChI=1S/C24H32ClF5N6O4/c1-21(2,3)40-20(38)33-14(8-22(4,5)24(28,29)30)15-9-36-17(32-15)7-13(18(25)34-36)16(10-39-6)35-12-23(26,27)11-31-19(35)37/h7,9,14,16H,8,10-12H2,1-6H3,(H,31,37)(H,33,38)/t14-,16+/m0/s1. The number of methoxy groups -OCH3 is 1. The van der Waals surface area contributed by atoms with Crippen LogP contribution in [-0.2, 0) is 9.47 Å². The third kappa shape index (κ3) is 7.42. The highest BCUT2D eigenvalue weighted by atomic mass is 35.5. The van der Waals surface area contributed by atoms with Crippen molar-refractivity contribution in [1.82, 2.24) is 30.1 Å². The Morgan fingerprint density at radius 1 is 1.25 bits per heavy atom. The molecule has 3 rings (SSSR count). The van der Waals surface area contributed by atoms with E-state index in [0.717, 1.165) is 18.7 Å². The number of ether oxygens (including phenoxy) is 2. The van der Waals surface area contributed by atoms with Crippen molar-refractivity contribution in [2.75, 3.05) is 26.8 Å². The molecule has 3 amide bonds. The van der Waals surface area contributed by atoms with Gasteiger partial charge < -0.3 is 25.0 Å². The number of hydrogen-bond acceptors (Lipinski definition) is 6. The van der Waals surface area contributed by atoms with Crippen LogP contribution in [0.2, 0.25) is 5.15 Å². The molecule has 224 valence electrons. The second-order valence-electron chi connectivity index (χ2n) is 11.3. The summed E-state index contributed by atoms with van der Waals surface area (Å²) in [6, 6.07) is -1.72. The van der Waals surface area contributed by atoms with Crippen LogP contribution >= 0.6 is 11.6 Å². The van der Waals surface area contributed by atoms with E-state index in [-0.39, 0.29) is 28.7 Å². The molecule has 10 nitrogen and oxygen atoms in total. The van der Waals surface area contributed by atoms with Gasteiger partial charge in [-0.3, -0.25) is 0 Å². The summed E-state index contributed by atoms with van der Waals surface area (Å²) in [7, 11) is 1.32. The lowest BCUT2D eigenvalue weighted by atomic mass is 9.84. The summed E-state index contributed by atoms with van der Waals surface area (Å²) in [4.78, 5) is 30.2. The zero-order valence-corrected chi connectivity index (χ0v) is 23.6. The third-order valence-electron chi connectivity index (χ3n) is 6.20. The van der Waals surface area contributed by atoms with Gasteiger partial charge in [-0.05, 0) is 33.3 Å². The topological polar surface area (TPSA) is 110 Å². The van der Waals surface area contributed by atoms with Crippen molar-refractivity contribution in [1.29, 1.82) is 0 Å². The molecule has 0 bridgehead atoms. The molecule has 40 heavy (non-hydrogen) atoms. The molecule has 2 aromatic rings. The first-order chi connectivity index (χ1) is 18.2. The number of carbonyl (C=O) groups is 2. The van der Waals surface area contributed by atoms with Gasteiger partial charge in [0.2, 0.25) is 0 Å². The normalized spacial score (nSPS) is 17.9. The van der Waals surface area contributed by atoms with Crippen LogP contribution in [-0.4, -0.2) is 76.1 Å². The summed E-state index contributed by atoms with van der Waals surface area (Å²) in [5.74, 6) is -3.21. The van der Waals surface area contributed by atoms with Crippen molar-refractivity contribution in [3.63, 3.8) is 0 Å². The van der Waals surface area contributed by atoms with E-state index in [4.69, 9.17) is 21.1 Å². The van der Waals surface area contributed by atoms with Crippen molar-refractivity contribution in [2.24, 2.45) is 5.41 Å². The molecule has 0 saturated carbocycles. The lowest BCUT2D eigenvalue weighted by Gasteiger charge is -2.38. The Morgan fingerprint density at radius 2 is 1.90 bits per heavy atom. The van der Waals surface area contributed by atoms with Gasteiger partial charge in [0, 0.05) is 12.7 Å². The molecule has 0 radical (unpaired) electrons. The fourth-order valence-electron chi connectivity index (χ4n) is 4.08. The highest BCUT2D eigenvalue weighted by molar-refractivity contribution is 6.30. The van der Waals surface area contributed by atoms with E-state index in [9.17, 15) is 31.5 Å². The highest BCUT2D eigenvalue weighted by Crippen LogP contribution is 2.44. The number of alkyl halides is 5. The molecule has 2 atom stereocenters. The smallest absolute Gasteiger partial charge is 0.408 e. The van der Waals surface area contributed by atoms with Gasteiger partial charge in [0.05, 0.1) is 49.1 Å². The molecule has 1 aliphatic heterocycles. The fourth-order valence-corrected chi connectivity index (χ4v) is 4.34. The van der Waals surface area contributed by atoms with Gasteiger partial charge in [-0.2, -0.15) is 18.3 Å². The van der Waals surface area contributed by atoms with Gasteiger partial charge in [0.25, 0.3) is 5.92 Å². The molecular formula is C24H32ClF5N6O4. The maximum Gasteiger partial charge on any atom is 0.408 e. The van der Waals surface area contributed by atoms with Crippen molar-refractivity contribution in [3.8, 4) is 0 Å². The Hall–Kier alpha value is -2.94. The van der Waals surface area contributed by atoms with Crippen LogP contribution in [0.4, 0.5) is 31.5 Å². The number of rotatable bonds is 8. The highest BCUT2D eigenvalue weighted by Gasteiger charge is 2.49. The number of aromatic nitrogens is 3. The maximum absolute atomic E-state index is 14.1. The number of carbonyl (C=O) groups excluding carboxylic acids is 2. The minimum atomic E-state index is -4.60. The number of halogens is 6. The Labute approximate surface area is 232 Å². The Balaban J connectivity index is 2.04. The number of urea groups is 1. The van der Waals surface area contributed by atoms with Gasteiger partial charge in [-0.1, -0.05) is 25.4 Å². The monoisotopic (exact) mass is 598 g/mol. The molecule has 0 unspecified atom stereocenters. The van der Waals surface area contributed by atoms with Crippen LogP contribution < -0.4 is 10.6 Å². The summed E-state index contributed by atoms with van der Waals surface area (Å²) in [5.41, 5.74) is -2.90. The number of amides is 3. The lowest BCUT2D eigenvalue weighted by Crippen LogP contribution is -2.58. The number of imidazole rings is 1. The quantitative estimate of drug-likeness (QED) is 0.401. The minimum Gasteiger partial charge on any atom is -0.444 e. The molecule has 1 saturated heterocycles. The van der Waals surface area contributed by atoms with Gasteiger partial charge in [0.1, 0.15) is 5.60 Å². The molecule has 2 aromatic heterocycles. The zero-order valence-electron chi connectivity index (χ0n) is 22.8. The van der Waals surface area contributed by atoms with E-state index in [1.807, 2.05) is 0 Å². The summed E-state index contributed by atoms with van der Waals surface area (Å²) < 4.78 is 81.1. The number of alkyl carbamates (subject to hydrolysis) is 1. The average Bonchev–Trinajstić information content (AvgIpc) is 3.19. The molecule has 16 heteroatoms. The molecule has 1 aliphatic rings. The number of fused-ring (bicyclic) bond motifs is 1. The minimum absolute atomic E-state index is 0.0226. The van der Waals surface area contributed by atoms with E-state index in [1.165, 1.54) is 23.9 Å². The summed E-state index contributed by atoms with van der Waals surface area (Å²) in [6.45, 7) is 4.87. The zero-order chi connectivity index (χ0) is 30.3. The predicted octanol–water partition coefficient (Wildman–Crippen LogP) is 5.28. The van der Waals surface area contributed by atoms with E-state index in [0.29, 0.717) is 0 Å². The molecule has 3 heterocycles. The Morgan fingerprint density at radius 3 is 2.48 bits per heavy atom. The SMILES string of the molecule is COC[C@H](c1cc2nc([C@H](CC(C)(C)C(F)(F)F)NC(=O)OC(C)(C)C)cn2nc1Cl)N1CC(F)(F)CNC1=O. The van der Waals surface area contributed by atoms with Gasteiger partial charge in [-0.15, -0.1) is 0 Å². The van der Waals surface area contributed by atoms with E-state index < -0.39 is 66.8 Å². The first-order valence-electron chi connectivity index (χ1n) is 12.3. The number of nitrogens with zero attached hydrogens (tertiary/aromatic N) is 4. The Kier molecular flexibility index (Phi) is 8.80. The van der Waals surface area contributed by atoms with E-state index >= 15 is 0 Å². The Bertz CT molecular complexity index is 1250. The number of hydrogen-bond donors (Lipinski definition) is 2. The molecule has 0 aliphatic carbocycles. The maximum atomic E-state index is 14.1. The van der Waals surface area contributed by atoms with Crippen molar-refractivity contribution in [2.45, 2.75) is 70.8 Å². The van der Waals surface area contributed by atoms with Gasteiger partial charge in [-0.25, -0.2) is 27.9 Å². The first-order valence-corrected chi connectivity index (χ1v) is 12.6. The van der Waals surface area contributed by atoms with Crippen molar-refractivity contribution >= 4 is 29.4 Å². The van der Waals surface area contributed by atoms with Crippen molar-refractivity contribution in [3.05, 3.63) is 28.7 Å². The summed E-state index contributed by atoms with van der Waals surface area (Å²) in [5, 5.41) is 8.58. The molecule has 0 spiro atoms. The first kappa shape index (κ1) is 31.6. The van der Waals surface area contributed by atoms with Crippen LogP contribution in [0.1, 0.15) is 64.4 Å². The summed E-state index contributed by atoms with van der Waals surface area (Å²) in [6.07, 6.45) is -4.84. The average molecular weight is 599 g/mol. The largest absolute Gasteiger partial charge is 0.444 e. The van der Waals surface area contributed by atoms with Crippen LogP contribution in [0.5, 0.6) is 0 Å². The van der Waals surface area contributed by atoms with Crippen LogP contribution in [0.15, 0.2) is 12.3 Å². The third-order valence-corrected chi connectivity index (χ3v) is 6.50. The van der Waals surface area contributed by atoms with Crippen LogP contribution in [0.3, 0.4) is 0 Å². The van der Waals surface area contributed by atoms with Gasteiger partial charge >= 0.3 is 18.3 Å².